The highest BCUT2D eigenvalue weighted by atomic mass is 16.6. The molecular weight excluding hydrogens is 428 g/mol. The van der Waals surface area contributed by atoms with E-state index in [9.17, 15) is 19.2 Å². The summed E-state index contributed by atoms with van der Waals surface area (Å²) in [4.78, 5) is 44.5. The van der Waals surface area contributed by atoms with Gasteiger partial charge in [-0.05, 0) is 30.7 Å². The highest BCUT2D eigenvalue weighted by Crippen LogP contribution is 2.17. The second kappa shape index (κ2) is 18.7. The molecule has 186 valence electrons. The number of hydrogen-bond donors (Lipinski definition) is 1. The number of aliphatic carboxylic acids is 1. The monoisotopic (exact) mass is 466 g/mol. The second-order valence-corrected chi connectivity index (χ2v) is 7.64. The maximum atomic E-state index is 11.5. The first-order valence-corrected chi connectivity index (χ1v) is 11.5. The van der Waals surface area contributed by atoms with E-state index in [0.717, 1.165) is 5.56 Å². The lowest BCUT2D eigenvalue weighted by atomic mass is 9.98. The van der Waals surface area contributed by atoms with Gasteiger partial charge >= 0.3 is 23.9 Å². The largest absolute Gasteiger partial charge is 0.481 e. The van der Waals surface area contributed by atoms with Crippen molar-refractivity contribution < 1.29 is 38.5 Å². The van der Waals surface area contributed by atoms with Crippen molar-refractivity contribution in [2.75, 3.05) is 13.2 Å². The molecule has 1 rings (SSSR count). The zero-order chi connectivity index (χ0) is 25.1. The van der Waals surface area contributed by atoms with E-state index < -0.39 is 12.1 Å². The van der Waals surface area contributed by atoms with Gasteiger partial charge in [-0.15, -0.1) is 0 Å². The number of carboxylic acids is 1. The summed E-state index contributed by atoms with van der Waals surface area (Å²) in [5.74, 6) is -1.74. The molecule has 0 aliphatic rings. The first-order valence-electron chi connectivity index (χ1n) is 11.5. The van der Waals surface area contributed by atoms with E-state index in [1.165, 1.54) is 0 Å². The zero-order valence-corrected chi connectivity index (χ0v) is 20.2. The normalized spacial score (nSPS) is 11.1. The topological polar surface area (TPSA) is 116 Å². The number of ether oxygens (including phenoxy) is 3. The molecule has 33 heavy (non-hydrogen) atoms. The molecule has 0 aliphatic carbocycles. The average molecular weight is 467 g/mol. The van der Waals surface area contributed by atoms with Crippen LogP contribution in [0, 0.1) is 0 Å². The van der Waals surface area contributed by atoms with Gasteiger partial charge in [-0.1, -0.05) is 58.0 Å². The Morgan fingerprint density at radius 3 is 1.67 bits per heavy atom. The van der Waals surface area contributed by atoms with Crippen LogP contribution < -0.4 is 0 Å². The lowest BCUT2D eigenvalue weighted by Crippen LogP contribution is -2.30. The van der Waals surface area contributed by atoms with E-state index in [0.29, 0.717) is 32.1 Å². The van der Waals surface area contributed by atoms with Gasteiger partial charge in [0.15, 0.2) is 6.10 Å². The summed E-state index contributed by atoms with van der Waals surface area (Å²) >= 11 is 0. The van der Waals surface area contributed by atoms with E-state index in [-0.39, 0.29) is 49.9 Å². The summed E-state index contributed by atoms with van der Waals surface area (Å²) in [7, 11) is 0. The van der Waals surface area contributed by atoms with Gasteiger partial charge in [0, 0.05) is 19.3 Å². The molecule has 1 atom stereocenters. The Kier molecular flexibility index (Phi) is 17.0. The molecule has 0 fully saturated rings. The van der Waals surface area contributed by atoms with Gasteiger partial charge in [-0.25, -0.2) is 0 Å². The second-order valence-electron chi connectivity index (χ2n) is 7.64. The van der Waals surface area contributed by atoms with Gasteiger partial charge in [0.2, 0.25) is 0 Å². The Hall–Kier alpha value is -2.90. The van der Waals surface area contributed by atoms with Crippen LogP contribution in [-0.4, -0.2) is 48.3 Å². The van der Waals surface area contributed by atoms with Crippen LogP contribution in [0.1, 0.15) is 84.1 Å². The summed E-state index contributed by atoms with van der Waals surface area (Å²) in [5, 5.41) is 8.55. The molecule has 0 radical (unpaired) electrons. The van der Waals surface area contributed by atoms with E-state index in [1.54, 1.807) is 0 Å². The lowest BCUT2D eigenvalue weighted by molar-refractivity contribution is -0.166. The molecule has 1 aromatic carbocycles. The fraction of sp³-hybridized carbons (Fsp3) is 0.600. The van der Waals surface area contributed by atoms with Crippen molar-refractivity contribution in [3.63, 3.8) is 0 Å². The molecule has 0 heterocycles. The van der Waals surface area contributed by atoms with Crippen molar-refractivity contribution >= 4 is 23.9 Å². The van der Waals surface area contributed by atoms with Gasteiger partial charge < -0.3 is 19.3 Å². The maximum absolute atomic E-state index is 11.5. The van der Waals surface area contributed by atoms with Gasteiger partial charge in [0.25, 0.3) is 0 Å². The molecule has 0 amide bonds. The average Bonchev–Trinajstić information content (AvgIpc) is 2.77. The maximum Gasteiger partial charge on any atom is 0.306 e. The summed E-state index contributed by atoms with van der Waals surface area (Å²) in [6.07, 6.45) is 2.39. The van der Waals surface area contributed by atoms with Crippen LogP contribution in [0.15, 0.2) is 30.3 Å². The Morgan fingerprint density at radius 2 is 1.24 bits per heavy atom. The molecule has 8 nitrogen and oxygen atoms in total. The Bertz CT molecular complexity index is 680. The minimum atomic E-state index is -0.745. The van der Waals surface area contributed by atoms with E-state index >= 15 is 0 Å². The van der Waals surface area contributed by atoms with Crippen LogP contribution >= 0.6 is 0 Å². The van der Waals surface area contributed by atoms with Crippen LogP contribution in [0.4, 0.5) is 0 Å². The van der Waals surface area contributed by atoms with Crippen molar-refractivity contribution in [1.82, 2.24) is 0 Å². The Morgan fingerprint density at radius 1 is 0.788 bits per heavy atom. The van der Waals surface area contributed by atoms with Gasteiger partial charge in [-0.3, -0.25) is 19.2 Å². The van der Waals surface area contributed by atoms with Crippen molar-refractivity contribution in [3.05, 3.63) is 35.9 Å². The van der Waals surface area contributed by atoms with Crippen molar-refractivity contribution in [3.8, 4) is 0 Å². The van der Waals surface area contributed by atoms with Gasteiger partial charge in [0.05, 0.1) is 6.42 Å². The van der Waals surface area contributed by atoms with Crippen LogP contribution in [0.25, 0.3) is 0 Å². The predicted molar refractivity (Wildman–Crippen MR) is 124 cm³/mol. The third-order valence-corrected chi connectivity index (χ3v) is 4.37. The third kappa shape index (κ3) is 16.4. The van der Waals surface area contributed by atoms with E-state index in [1.807, 2.05) is 58.0 Å². The predicted octanol–water partition coefficient (Wildman–Crippen LogP) is 4.65. The SMILES string of the molecule is CC(CC(=O)O)c1ccccc1.CCCC(=O)OCC(COC(=O)CCC)OC(=O)CCC. The number of benzene rings is 1. The molecular formula is C25H38O8. The molecule has 0 aliphatic heterocycles. The molecule has 0 bridgehead atoms. The number of rotatable bonds is 14. The van der Waals surface area contributed by atoms with Crippen LogP contribution in [0.5, 0.6) is 0 Å². The summed E-state index contributed by atoms with van der Waals surface area (Å²) in [6, 6.07) is 9.68. The summed E-state index contributed by atoms with van der Waals surface area (Å²) < 4.78 is 15.2. The Labute approximate surface area is 196 Å². The Balaban J connectivity index is 0.000000716. The van der Waals surface area contributed by atoms with Crippen molar-refractivity contribution in [2.45, 2.75) is 84.7 Å². The summed E-state index contributed by atoms with van der Waals surface area (Å²) in [6.45, 7) is 7.34. The number of carboxylic acid groups (broad SMARTS) is 1. The number of hydrogen-bond acceptors (Lipinski definition) is 7. The minimum absolute atomic E-state index is 0.0896. The molecule has 0 aromatic heterocycles. The van der Waals surface area contributed by atoms with Crippen molar-refractivity contribution in [1.29, 1.82) is 0 Å². The molecule has 1 N–H and O–H groups in total. The fourth-order valence-electron chi connectivity index (χ4n) is 2.65. The molecule has 1 aromatic rings. The fourth-order valence-corrected chi connectivity index (χ4v) is 2.65. The molecule has 0 spiro atoms. The van der Waals surface area contributed by atoms with Crippen molar-refractivity contribution in [2.24, 2.45) is 0 Å². The number of carbonyl (C=O) groups is 4. The highest BCUT2D eigenvalue weighted by molar-refractivity contribution is 5.71. The lowest BCUT2D eigenvalue weighted by Gasteiger charge is -2.18. The van der Waals surface area contributed by atoms with E-state index in [2.05, 4.69) is 0 Å². The number of carbonyl (C=O) groups excluding carboxylic acids is 3. The smallest absolute Gasteiger partial charge is 0.306 e. The minimum Gasteiger partial charge on any atom is -0.481 e. The highest BCUT2D eigenvalue weighted by Gasteiger charge is 2.18. The van der Waals surface area contributed by atoms with Crippen LogP contribution in [0.3, 0.4) is 0 Å². The molecule has 1 unspecified atom stereocenters. The number of esters is 3. The van der Waals surface area contributed by atoms with Crippen LogP contribution in [0.2, 0.25) is 0 Å². The molecule has 8 heteroatoms. The summed E-state index contributed by atoms with van der Waals surface area (Å²) in [5.41, 5.74) is 1.08. The standard InChI is InChI=1S/C15H26O6.C10H12O2/c1-4-7-13(16)19-10-12(21-15(18)9-6-3)11-20-14(17)8-5-2;1-8(7-10(11)12)9-5-3-2-4-6-9/h12H,4-11H2,1-3H3;2-6,8H,7H2,1H3,(H,11,12). The van der Waals surface area contributed by atoms with Crippen LogP contribution in [-0.2, 0) is 33.4 Å². The third-order valence-electron chi connectivity index (χ3n) is 4.37. The quantitative estimate of drug-likeness (QED) is 0.311. The zero-order valence-electron chi connectivity index (χ0n) is 20.2. The van der Waals surface area contributed by atoms with Gasteiger partial charge in [0.1, 0.15) is 13.2 Å². The first kappa shape index (κ1) is 30.1. The first-order chi connectivity index (χ1) is 15.7. The van der Waals surface area contributed by atoms with E-state index in [4.69, 9.17) is 19.3 Å². The molecule has 0 saturated heterocycles. The van der Waals surface area contributed by atoms with Gasteiger partial charge in [-0.2, -0.15) is 0 Å². The molecule has 0 saturated carbocycles.